The van der Waals surface area contributed by atoms with E-state index in [4.69, 9.17) is 4.98 Å². The topological polar surface area (TPSA) is 32.3 Å². The van der Waals surface area contributed by atoms with Crippen LogP contribution >= 0.6 is 11.3 Å². The van der Waals surface area contributed by atoms with Gasteiger partial charge in [-0.15, -0.1) is 11.3 Å². The number of pyridine rings is 1. The van der Waals surface area contributed by atoms with E-state index < -0.39 is 0 Å². The first-order chi connectivity index (χ1) is 11.6. The van der Waals surface area contributed by atoms with Gasteiger partial charge in [0.25, 0.3) is 0 Å². The first-order valence-corrected chi connectivity index (χ1v) is 9.24. The fourth-order valence-corrected chi connectivity index (χ4v) is 4.24. The molecule has 24 heavy (non-hydrogen) atoms. The minimum atomic E-state index is 1.02. The van der Waals surface area contributed by atoms with Crippen molar-refractivity contribution in [1.82, 2.24) is 9.97 Å². The molecule has 124 valence electrons. The smallest absolute Gasteiger partial charge is 0.185 e. The summed E-state index contributed by atoms with van der Waals surface area (Å²) in [7, 11) is 0. The Labute approximate surface area is 146 Å². The summed E-state index contributed by atoms with van der Waals surface area (Å²) in [6.45, 7) is 10.4. The number of aromatic nitrogens is 2. The molecule has 3 aromatic rings. The van der Waals surface area contributed by atoms with Crippen LogP contribution in [0.2, 0.25) is 0 Å². The van der Waals surface area contributed by atoms with Gasteiger partial charge in [-0.1, -0.05) is 18.2 Å². The highest BCUT2D eigenvalue weighted by Crippen LogP contribution is 2.30. The van der Waals surface area contributed by atoms with Crippen LogP contribution in [0.3, 0.4) is 0 Å². The molecule has 1 aliphatic rings. The summed E-state index contributed by atoms with van der Waals surface area (Å²) in [4.78, 5) is 15.6. The Kier molecular flexibility index (Phi) is 3.88. The highest BCUT2D eigenvalue weighted by molar-refractivity contribution is 7.15. The third kappa shape index (κ3) is 2.73. The van der Waals surface area contributed by atoms with Gasteiger partial charge in [0.2, 0.25) is 0 Å². The molecule has 0 saturated carbocycles. The largest absolute Gasteiger partial charge is 0.367 e. The molecular formula is C19H22N4S. The van der Waals surface area contributed by atoms with Crippen molar-refractivity contribution >= 4 is 33.1 Å². The Morgan fingerprint density at radius 2 is 1.62 bits per heavy atom. The molecule has 0 radical (unpaired) electrons. The van der Waals surface area contributed by atoms with Gasteiger partial charge in [-0.05, 0) is 32.9 Å². The number of benzene rings is 1. The Hall–Kier alpha value is -2.14. The maximum atomic E-state index is 4.71. The quantitative estimate of drug-likeness (QED) is 0.708. The average Bonchev–Trinajstić information content (AvgIpc) is 2.93. The molecule has 4 nitrogen and oxygen atoms in total. The summed E-state index contributed by atoms with van der Waals surface area (Å²) >= 11 is 1.81. The minimum Gasteiger partial charge on any atom is -0.367 e. The molecule has 2 aromatic heterocycles. The molecule has 0 atom stereocenters. The van der Waals surface area contributed by atoms with E-state index in [1.54, 1.807) is 0 Å². The van der Waals surface area contributed by atoms with E-state index in [1.165, 1.54) is 21.1 Å². The van der Waals surface area contributed by atoms with Gasteiger partial charge in [0.15, 0.2) is 5.13 Å². The summed E-state index contributed by atoms with van der Waals surface area (Å²) in [6.07, 6.45) is 0. The zero-order chi connectivity index (χ0) is 16.7. The molecule has 1 aromatic carbocycles. The number of rotatable bonds is 2. The molecule has 0 bridgehead atoms. The lowest BCUT2D eigenvalue weighted by atomic mass is 10.1. The van der Waals surface area contributed by atoms with E-state index in [2.05, 4.69) is 65.9 Å². The number of para-hydroxylation sites is 1. The van der Waals surface area contributed by atoms with Crippen LogP contribution in [0.4, 0.5) is 10.8 Å². The second kappa shape index (κ2) is 6.06. The lowest BCUT2D eigenvalue weighted by Crippen LogP contribution is -2.46. The fourth-order valence-electron chi connectivity index (χ4n) is 3.28. The van der Waals surface area contributed by atoms with Gasteiger partial charge in [0.1, 0.15) is 0 Å². The Morgan fingerprint density at radius 1 is 0.917 bits per heavy atom. The van der Waals surface area contributed by atoms with Gasteiger partial charge in [-0.3, -0.25) is 4.98 Å². The number of aryl methyl sites for hydroxylation is 3. The summed E-state index contributed by atoms with van der Waals surface area (Å²) < 4.78 is 0. The van der Waals surface area contributed by atoms with Crippen LogP contribution < -0.4 is 9.80 Å². The van der Waals surface area contributed by atoms with Crippen LogP contribution in [0.15, 0.2) is 30.3 Å². The van der Waals surface area contributed by atoms with Crippen molar-refractivity contribution in [3.8, 4) is 0 Å². The van der Waals surface area contributed by atoms with Gasteiger partial charge in [-0.25, -0.2) is 4.98 Å². The van der Waals surface area contributed by atoms with Gasteiger partial charge in [0.05, 0.1) is 11.2 Å². The van der Waals surface area contributed by atoms with Crippen molar-refractivity contribution in [3.63, 3.8) is 0 Å². The summed E-state index contributed by atoms with van der Waals surface area (Å²) in [5.74, 6) is 0. The normalized spacial score (nSPS) is 15.3. The number of anilines is 2. The summed E-state index contributed by atoms with van der Waals surface area (Å²) in [6, 6.07) is 10.7. The SMILES string of the molecule is Cc1cc(N2CCN(c3nc(C)c(C)s3)CC2)c2ccccc2n1. The molecule has 4 rings (SSSR count). The molecular weight excluding hydrogens is 316 g/mol. The van der Waals surface area contributed by atoms with Gasteiger partial charge in [0, 0.05) is 47.8 Å². The number of nitrogens with zero attached hydrogens (tertiary/aromatic N) is 4. The molecule has 1 saturated heterocycles. The number of piperazine rings is 1. The van der Waals surface area contributed by atoms with Crippen molar-refractivity contribution in [2.45, 2.75) is 20.8 Å². The van der Waals surface area contributed by atoms with Crippen LogP contribution in [-0.2, 0) is 0 Å². The van der Waals surface area contributed by atoms with Crippen LogP contribution in [0, 0.1) is 20.8 Å². The standard InChI is InChI=1S/C19H22N4S/c1-13-12-18(16-6-4-5-7-17(16)20-13)22-8-10-23(11-9-22)19-21-14(2)15(3)24-19/h4-7,12H,8-11H2,1-3H3. The van der Waals surface area contributed by atoms with Gasteiger partial charge >= 0.3 is 0 Å². The second-order valence-electron chi connectivity index (χ2n) is 6.41. The van der Waals surface area contributed by atoms with Crippen molar-refractivity contribution in [2.75, 3.05) is 36.0 Å². The third-order valence-corrected chi connectivity index (χ3v) is 5.86. The van der Waals surface area contributed by atoms with Crippen LogP contribution in [0.25, 0.3) is 10.9 Å². The van der Waals surface area contributed by atoms with Gasteiger partial charge in [-0.2, -0.15) is 0 Å². The second-order valence-corrected chi connectivity index (χ2v) is 7.59. The predicted molar refractivity (Wildman–Crippen MR) is 102 cm³/mol. The zero-order valence-corrected chi connectivity index (χ0v) is 15.2. The van der Waals surface area contributed by atoms with Crippen LogP contribution in [0.5, 0.6) is 0 Å². The monoisotopic (exact) mass is 338 g/mol. The molecule has 0 unspecified atom stereocenters. The number of thiazole rings is 1. The molecule has 5 heteroatoms. The maximum Gasteiger partial charge on any atom is 0.185 e. The molecule has 0 spiro atoms. The summed E-state index contributed by atoms with van der Waals surface area (Å²) in [5.41, 5.74) is 4.64. The molecule has 1 fully saturated rings. The van der Waals surface area contributed by atoms with E-state index in [0.29, 0.717) is 0 Å². The van der Waals surface area contributed by atoms with E-state index >= 15 is 0 Å². The average molecular weight is 338 g/mol. The molecule has 1 aliphatic heterocycles. The van der Waals surface area contributed by atoms with E-state index in [-0.39, 0.29) is 0 Å². The van der Waals surface area contributed by atoms with Crippen molar-refractivity contribution in [3.05, 3.63) is 46.6 Å². The Balaban J connectivity index is 1.58. The lowest BCUT2D eigenvalue weighted by Gasteiger charge is -2.36. The number of hydrogen-bond acceptors (Lipinski definition) is 5. The minimum absolute atomic E-state index is 1.02. The van der Waals surface area contributed by atoms with E-state index in [9.17, 15) is 0 Å². The van der Waals surface area contributed by atoms with Crippen molar-refractivity contribution in [1.29, 1.82) is 0 Å². The maximum absolute atomic E-state index is 4.71. The predicted octanol–water partition coefficient (Wildman–Crippen LogP) is 3.94. The molecule has 3 heterocycles. The molecule has 0 amide bonds. The fraction of sp³-hybridized carbons (Fsp3) is 0.368. The lowest BCUT2D eigenvalue weighted by molar-refractivity contribution is 0.653. The zero-order valence-electron chi connectivity index (χ0n) is 14.4. The van der Waals surface area contributed by atoms with Crippen LogP contribution in [0.1, 0.15) is 16.3 Å². The van der Waals surface area contributed by atoms with Crippen molar-refractivity contribution < 1.29 is 0 Å². The highest BCUT2D eigenvalue weighted by Gasteiger charge is 2.21. The molecule has 0 N–H and O–H groups in total. The van der Waals surface area contributed by atoms with Crippen molar-refractivity contribution in [2.24, 2.45) is 0 Å². The van der Waals surface area contributed by atoms with Gasteiger partial charge < -0.3 is 9.80 Å². The van der Waals surface area contributed by atoms with E-state index in [1.807, 2.05) is 11.3 Å². The van der Waals surface area contributed by atoms with E-state index in [0.717, 1.165) is 43.1 Å². The third-order valence-electron chi connectivity index (χ3n) is 4.73. The Morgan fingerprint density at radius 3 is 2.33 bits per heavy atom. The summed E-state index contributed by atoms with van der Waals surface area (Å²) in [5, 5.41) is 2.41. The highest BCUT2D eigenvalue weighted by atomic mass is 32.1. The number of fused-ring (bicyclic) bond motifs is 1. The first-order valence-electron chi connectivity index (χ1n) is 8.42. The molecule has 0 aliphatic carbocycles. The Bertz CT molecular complexity index is 859. The first kappa shape index (κ1) is 15.4. The number of hydrogen-bond donors (Lipinski definition) is 0. The van der Waals surface area contributed by atoms with Crippen LogP contribution in [-0.4, -0.2) is 36.1 Å².